The van der Waals surface area contributed by atoms with Crippen LogP contribution in [0.3, 0.4) is 0 Å². The van der Waals surface area contributed by atoms with Gasteiger partial charge < -0.3 is 20.7 Å². The molecule has 0 spiro atoms. The fourth-order valence-electron chi connectivity index (χ4n) is 3.58. The molecule has 0 saturated carbocycles. The van der Waals surface area contributed by atoms with Crippen LogP contribution in [-0.4, -0.2) is 29.7 Å². The molecule has 0 aromatic heterocycles. The molecular weight excluding hydrogens is 434 g/mol. The average Bonchev–Trinajstić information content (AvgIpc) is 2.98. The van der Waals surface area contributed by atoms with Crippen molar-refractivity contribution in [2.24, 2.45) is 0 Å². The van der Waals surface area contributed by atoms with Gasteiger partial charge in [-0.25, -0.2) is 0 Å². The first-order chi connectivity index (χ1) is 16.5. The SMILES string of the molecule is O=C(C[C@@H]1NC(=O)c2ccccc2NC1=O)OC(C(=O)NCc1ccccc1)c1ccccc1. The van der Waals surface area contributed by atoms with Gasteiger partial charge in [0.05, 0.1) is 17.7 Å². The number of para-hydroxylation sites is 1. The molecule has 0 fully saturated rings. The number of hydrogen-bond donors (Lipinski definition) is 3. The Morgan fingerprint density at radius 2 is 1.53 bits per heavy atom. The molecule has 1 unspecified atom stereocenters. The molecule has 4 rings (SSSR count). The van der Waals surface area contributed by atoms with E-state index in [4.69, 9.17) is 4.74 Å². The van der Waals surface area contributed by atoms with Crippen molar-refractivity contribution >= 4 is 29.4 Å². The highest BCUT2D eigenvalue weighted by molar-refractivity contribution is 6.10. The molecule has 3 amide bonds. The van der Waals surface area contributed by atoms with E-state index in [0.29, 0.717) is 16.8 Å². The smallest absolute Gasteiger partial charge is 0.309 e. The Morgan fingerprint density at radius 1 is 0.882 bits per heavy atom. The third-order valence-corrected chi connectivity index (χ3v) is 5.32. The molecule has 0 radical (unpaired) electrons. The lowest BCUT2D eigenvalue weighted by atomic mass is 10.1. The van der Waals surface area contributed by atoms with Crippen LogP contribution in [0.2, 0.25) is 0 Å². The van der Waals surface area contributed by atoms with E-state index >= 15 is 0 Å². The standard InChI is InChI=1S/C26H23N3O5/c30-22(15-21-25(32)28-20-14-8-7-13-19(20)24(31)29-21)34-23(18-11-5-2-6-12-18)26(33)27-16-17-9-3-1-4-10-17/h1-14,21,23H,15-16H2,(H,27,33)(H,28,32)(H,29,31)/t21-,23?/m0/s1. The van der Waals surface area contributed by atoms with Gasteiger partial charge in [-0.05, 0) is 17.7 Å². The Balaban J connectivity index is 1.45. The number of hydrogen-bond acceptors (Lipinski definition) is 5. The van der Waals surface area contributed by atoms with Crippen LogP contribution in [0.5, 0.6) is 0 Å². The van der Waals surface area contributed by atoms with E-state index in [1.165, 1.54) is 0 Å². The van der Waals surface area contributed by atoms with Crippen molar-refractivity contribution in [1.82, 2.24) is 10.6 Å². The number of esters is 1. The van der Waals surface area contributed by atoms with Crippen molar-refractivity contribution in [2.45, 2.75) is 25.1 Å². The van der Waals surface area contributed by atoms with Gasteiger partial charge in [-0.3, -0.25) is 19.2 Å². The first kappa shape index (κ1) is 22.7. The number of amides is 3. The summed E-state index contributed by atoms with van der Waals surface area (Å²) < 4.78 is 5.51. The Bertz CT molecular complexity index is 1200. The Morgan fingerprint density at radius 3 is 2.26 bits per heavy atom. The third kappa shape index (κ3) is 5.47. The van der Waals surface area contributed by atoms with E-state index in [0.717, 1.165) is 5.56 Å². The third-order valence-electron chi connectivity index (χ3n) is 5.32. The summed E-state index contributed by atoms with van der Waals surface area (Å²) in [5, 5.41) is 7.98. The van der Waals surface area contributed by atoms with Gasteiger partial charge in [0, 0.05) is 12.1 Å². The van der Waals surface area contributed by atoms with E-state index in [9.17, 15) is 19.2 Å². The van der Waals surface area contributed by atoms with Crippen LogP contribution in [0.1, 0.15) is 34.0 Å². The largest absolute Gasteiger partial charge is 0.447 e. The number of fused-ring (bicyclic) bond motifs is 1. The summed E-state index contributed by atoms with van der Waals surface area (Å²) in [7, 11) is 0. The van der Waals surface area contributed by atoms with Gasteiger partial charge in [0.2, 0.25) is 12.0 Å². The number of rotatable bonds is 7. The van der Waals surface area contributed by atoms with Crippen molar-refractivity contribution in [3.05, 3.63) is 102 Å². The van der Waals surface area contributed by atoms with Crippen LogP contribution >= 0.6 is 0 Å². The fraction of sp³-hybridized carbons (Fsp3) is 0.154. The quantitative estimate of drug-likeness (QED) is 0.472. The second-order valence-corrected chi connectivity index (χ2v) is 7.75. The maximum atomic E-state index is 12.9. The lowest BCUT2D eigenvalue weighted by molar-refractivity contribution is -0.157. The molecule has 1 heterocycles. The normalized spacial score (nSPS) is 15.7. The molecule has 0 bridgehead atoms. The molecule has 34 heavy (non-hydrogen) atoms. The number of carbonyl (C=O) groups excluding carboxylic acids is 4. The maximum Gasteiger partial charge on any atom is 0.309 e. The number of carbonyl (C=O) groups is 4. The van der Waals surface area contributed by atoms with Crippen molar-refractivity contribution < 1.29 is 23.9 Å². The molecule has 3 aromatic rings. The topological polar surface area (TPSA) is 114 Å². The van der Waals surface area contributed by atoms with Gasteiger partial charge in [0.25, 0.3) is 11.8 Å². The molecule has 8 heteroatoms. The van der Waals surface area contributed by atoms with E-state index in [-0.39, 0.29) is 6.54 Å². The van der Waals surface area contributed by atoms with Gasteiger partial charge in [0.15, 0.2) is 0 Å². The van der Waals surface area contributed by atoms with Crippen LogP contribution in [-0.2, 0) is 25.7 Å². The zero-order chi connectivity index (χ0) is 23.9. The summed E-state index contributed by atoms with van der Waals surface area (Å²) in [5.41, 5.74) is 2.05. The first-order valence-corrected chi connectivity index (χ1v) is 10.8. The highest BCUT2D eigenvalue weighted by atomic mass is 16.5. The summed E-state index contributed by atoms with van der Waals surface area (Å²) in [5.74, 6) is -2.31. The van der Waals surface area contributed by atoms with E-state index in [1.807, 2.05) is 30.3 Å². The molecule has 1 aliphatic heterocycles. The second kappa shape index (κ2) is 10.4. The predicted octanol–water partition coefficient (Wildman–Crippen LogP) is 2.73. The number of anilines is 1. The van der Waals surface area contributed by atoms with Crippen molar-refractivity contribution in [2.75, 3.05) is 5.32 Å². The van der Waals surface area contributed by atoms with Gasteiger partial charge >= 0.3 is 5.97 Å². The van der Waals surface area contributed by atoms with Crippen LogP contribution in [0, 0.1) is 0 Å². The lowest BCUT2D eigenvalue weighted by Crippen LogP contribution is -2.43. The average molecular weight is 457 g/mol. The molecule has 0 aliphatic carbocycles. The summed E-state index contributed by atoms with van der Waals surface area (Å²) in [4.78, 5) is 50.8. The molecule has 3 aromatic carbocycles. The monoisotopic (exact) mass is 457 g/mol. The molecule has 1 aliphatic rings. The van der Waals surface area contributed by atoms with E-state index < -0.39 is 42.3 Å². The molecule has 3 N–H and O–H groups in total. The highest BCUT2D eigenvalue weighted by Crippen LogP contribution is 2.21. The molecule has 0 saturated heterocycles. The van der Waals surface area contributed by atoms with Gasteiger partial charge in [-0.15, -0.1) is 0 Å². The predicted molar refractivity (Wildman–Crippen MR) is 125 cm³/mol. The summed E-state index contributed by atoms with van der Waals surface area (Å²) in [6.07, 6.45) is -1.64. The molecule has 8 nitrogen and oxygen atoms in total. The van der Waals surface area contributed by atoms with Crippen LogP contribution < -0.4 is 16.0 Å². The Kier molecular flexibility index (Phi) is 6.98. The van der Waals surface area contributed by atoms with Gasteiger partial charge in [-0.1, -0.05) is 72.8 Å². The van der Waals surface area contributed by atoms with E-state index in [2.05, 4.69) is 16.0 Å². The van der Waals surface area contributed by atoms with Crippen molar-refractivity contribution in [3.8, 4) is 0 Å². The molecule has 172 valence electrons. The minimum absolute atomic E-state index is 0.264. The zero-order valence-corrected chi connectivity index (χ0v) is 18.2. The summed E-state index contributed by atoms with van der Waals surface area (Å²) in [6, 6.07) is 23.4. The summed E-state index contributed by atoms with van der Waals surface area (Å²) >= 11 is 0. The number of ether oxygens (including phenoxy) is 1. The van der Waals surface area contributed by atoms with Crippen LogP contribution in [0.25, 0.3) is 0 Å². The number of benzene rings is 3. The first-order valence-electron chi connectivity index (χ1n) is 10.8. The van der Waals surface area contributed by atoms with Crippen molar-refractivity contribution in [1.29, 1.82) is 0 Å². The minimum atomic E-state index is -1.21. The lowest BCUT2D eigenvalue weighted by Gasteiger charge is -2.20. The molecule has 2 atom stereocenters. The van der Waals surface area contributed by atoms with Gasteiger partial charge in [0.1, 0.15) is 6.04 Å². The Labute approximate surface area is 196 Å². The number of nitrogens with one attached hydrogen (secondary N) is 3. The van der Waals surface area contributed by atoms with Crippen LogP contribution in [0.4, 0.5) is 5.69 Å². The van der Waals surface area contributed by atoms with Crippen molar-refractivity contribution in [3.63, 3.8) is 0 Å². The van der Waals surface area contributed by atoms with E-state index in [1.54, 1.807) is 54.6 Å². The second-order valence-electron chi connectivity index (χ2n) is 7.75. The van der Waals surface area contributed by atoms with Crippen LogP contribution in [0.15, 0.2) is 84.9 Å². The highest BCUT2D eigenvalue weighted by Gasteiger charge is 2.32. The molecular formula is C26H23N3O5. The Hall–Kier alpha value is -4.46. The minimum Gasteiger partial charge on any atom is -0.447 e. The summed E-state index contributed by atoms with van der Waals surface area (Å²) in [6.45, 7) is 0.264. The fourth-order valence-corrected chi connectivity index (χ4v) is 3.58. The zero-order valence-electron chi connectivity index (χ0n) is 18.2. The maximum absolute atomic E-state index is 12.9. The van der Waals surface area contributed by atoms with Gasteiger partial charge in [-0.2, -0.15) is 0 Å².